The molecule has 0 saturated heterocycles. The molecule has 0 heterocycles. The van der Waals surface area contributed by atoms with Crippen molar-refractivity contribution in [1.82, 2.24) is 10.2 Å². The van der Waals surface area contributed by atoms with E-state index < -0.39 is 16.1 Å². The fourth-order valence-electron chi connectivity index (χ4n) is 4.55. The molecular formula is C31H37Cl2N3O4S. The molecule has 3 rings (SSSR count). The lowest BCUT2D eigenvalue weighted by atomic mass is 10.0. The number of halogens is 2. The maximum atomic E-state index is 13.9. The van der Waals surface area contributed by atoms with Gasteiger partial charge in [-0.15, -0.1) is 0 Å². The average molecular weight is 619 g/mol. The summed E-state index contributed by atoms with van der Waals surface area (Å²) in [5.41, 5.74) is 3.14. The zero-order chi connectivity index (χ0) is 30.0. The van der Waals surface area contributed by atoms with Crippen molar-refractivity contribution in [2.45, 2.75) is 52.1 Å². The minimum absolute atomic E-state index is 0.0220. The number of hydrogen-bond acceptors (Lipinski definition) is 4. The maximum absolute atomic E-state index is 13.9. The number of aryl methyl sites for hydroxylation is 1. The minimum atomic E-state index is -3.71. The van der Waals surface area contributed by atoms with Crippen LogP contribution >= 0.6 is 23.2 Å². The summed E-state index contributed by atoms with van der Waals surface area (Å²) in [5, 5.41) is 3.55. The SMILES string of the molecule is CCCNC(=O)[C@@H](Cc1ccccc1)N(Cc1ccccc1C)C(=O)CCCN(c1cc(Cl)ccc1Cl)S(C)(=O)=O. The molecule has 1 N–H and O–H groups in total. The fourth-order valence-corrected chi connectivity index (χ4v) is 5.96. The molecule has 2 amide bonds. The Morgan fingerprint density at radius 1 is 0.976 bits per heavy atom. The van der Waals surface area contributed by atoms with Crippen molar-refractivity contribution < 1.29 is 18.0 Å². The first-order valence-corrected chi connectivity index (χ1v) is 16.2. The number of rotatable bonds is 14. The van der Waals surface area contributed by atoms with Crippen LogP contribution < -0.4 is 9.62 Å². The van der Waals surface area contributed by atoms with Crippen LogP contribution in [0, 0.1) is 6.92 Å². The summed E-state index contributed by atoms with van der Waals surface area (Å²) in [6.07, 6.45) is 2.45. The first-order valence-electron chi connectivity index (χ1n) is 13.6. The molecule has 3 aromatic rings. The van der Waals surface area contributed by atoms with Gasteiger partial charge in [-0.3, -0.25) is 13.9 Å². The normalized spacial score (nSPS) is 12.0. The monoisotopic (exact) mass is 617 g/mol. The number of carbonyl (C=O) groups is 2. The molecule has 0 aliphatic rings. The second-order valence-electron chi connectivity index (χ2n) is 9.98. The molecule has 0 aliphatic carbocycles. The van der Waals surface area contributed by atoms with Crippen molar-refractivity contribution in [3.05, 3.63) is 99.5 Å². The van der Waals surface area contributed by atoms with Crippen molar-refractivity contribution in [2.75, 3.05) is 23.7 Å². The van der Waals surface area contributed by atoms with Gasteiger partial charge in [0.2, 0.25) is 21.8 Å². The van der Waals surface area contributed by atoms with Gasteiger partial charge < -0.3 is 10.2 Å². The van der Waals surface area contributed by atoms with E-state index in [2.05, 4.69) is 5.32 Å². The molecule has 0 bridgehead atoms. The number of nitrogens with zero attached hydrogens (tertiary/aromatic N) is 2. The summed E-state index contributed by atoms with van der Waals surface area (Å²) >= 11 is 12.4. The van der Waals surface area contributed by atoms with Gasteiger partial charge in [0.15, 0.2) is 0 Å². The molecule has 0 aromatic heterocycles. The van der Waals surface area contributed by atoms with Crippen LogP contribution in [0.5, 0.6) is 0 Å². The van der Waals surface area contributed by atoms with Crippen molar-refractivity contribution in [3.63, 3.8) is 0 Å². The molecule has 7 nitrogen and oxygen atoms in total. The average Bonchev–Trinajstić information content (AvgIpc) is 2.94. The zero-order valence-corrected chi connectivity index (χ0v) is 26.0. The second kappa shape index (κ2) is 15.2. The molecule has 0 fully saturated rings. The molecule has 0 unspecified atom stereocenters. The number of nitrogens with one attached hydrogen (secondary N) is 1. The van der Waals surface area contributed by atoms with E-state index in [1.165, 1.54) is 12.1 Å². The highest BCUT2D eigenvalue weighted by molar-refractivity contribution is 7.92. The zero-order valence-electron chi connectivity index (χ0n) is 23.6. The van der Waals surface area contributed by atoms with Gasteiger partial charge in [-0.05, 0) is 54.7 Å². The Kier molecular flexibility index (Phi) is 12.1. The molecule has 0 radical (unpaired) electrons. The van der Waals surface area contributed by atoms with Gasteiger partial charge >= 0.3 is 0 Å². The Morgan fingerprint density at radius 3 is 2.32 bits per heavy atom. The predicted molar refractivity (Wildman–Crippen MR) is 167 cm³/mol. The van der Waals surface area contributed by atoms with Crippen LogP contribution in [0.2, 0.25) is 10.0 Å². The molecule has 220 valence electrons. The molecule has 1 atom stereocenters. The number of benzene rings is 3. The molecule has 10 heteroatoms. The van der Waals surface area contributed by atoms with Crippen LogP contribution in [-0.4, -0.2) is 50.5 Å². The van der Waals surface area contributed by atoms with Crippen LogP contribution in [0.3, 0.4) is 0 Å². The molecule has 3 aromatic carbocycles. The Hall–Kier alpha value is -3.07. The number of sulfonamides is 1. The lowest BCUT2D eigenvalue weighted by Gasteiger charge is -2.32. The third-order valence-electron chi connectivity index (χ3n) is 6.75. The summed E-state index contributed by atoms with van der Waals surface area (Å²) in [4.78, 5) is 29.0. The Bertz CT molecular complexity index is 1430. The van der Waals surface area contributed by atoms with Crippen LogP contribution in [0.25, 0.3) is 0 Å². The highest BCUT2D eigenvalue weighted by Crippen LogP contribution is 2.31. The van der Waals surface area contributed by atoms with Crippen LogP contribution in [-0.2, 0) is 32.6 Å². The molecule has 0 saturated carbocycles. The first-order chi connectivity index (χ1) is 19.5. The third-order valence-corrected chi connectivity index (χ3v) is 8.49. The number of hydrogen-bond donors (Lipinski definition) is 1. The Morgan fingerprint density at radius 2 is 1.66 bits per heavy atom. The van der Waals surface area contributed by atoms with E-state index in [-0.39, 0.29) is 48.5 Å². The van der Waals surface area contributed by atoms with Gasteiger partial charge in [0.1, 0.15) is 6.04 Å². The predicted octanol–water partition coefficient (Wildman–Crippen LogP) is 6.01. The summed E-state index contributed by atoms with van der Waals surface area (Å²) in [6.45, 7) is 4.72. The number of carbonyl (C=O) groups excluding carboxylic acids is 2. The summed E-state index contributed by atoms with van der Waals surface area (Å²) < 4.78 is 26.5. The van der Waals surface area contributed by atoms with Crippen molar-refractivity contribution in [3.8, 4) is 0 Å². The summed E-state index contributed by atoms with van der Waals surface area (Å²) in [5.74, 6) is -0.465. The lowest BCUT2D eigenvalue weighted by molar-refractivity contribution is -0.141. The Labute approximate surface area is 253 Å². The number of amides is 2. The van der Waals surface area contributed by atoms with Gasteiger partial charge in [0.25, 0.3) is 0 Å². The minimum Gasteiger partial charge on any atom is -0.354 e. The van der Waals surface area contributed by atoms with E-state index >= 15 is 0 Å². The van der Waals surface area contributed by atoms with E-state index in [4.69, 9.17) is 23.2 Å². The summed E-state index contributed by atoms with van der Waals surface area (Å²) in [7, 11) is -3.71. The first kappa shape index (κ1) is 32.4. The molecule has 0 aliphatic heterocycles. The van der Waals surface area contributed by atoms with Crippen molar-refractivity contribution >= 4 is 50.7 Å². The van der Waals surface area contributed by atoms with Gasteiger partial charge in [0, 0.05) is 37.5 Å². The van der Waals surface area contributed by atoms with Gasteiger partial charge in [0.05, 0.1) is 17.0 Å². The highest BCUT2D eigenvalue weighted by atomic mass is 35.5. The van der Waals surface area contributed by atoms with Crippen LogP contribution in [0.1, 0.15) is 42.9 Å². The van der Waals surface area contributed by atoms with E-state index in [1.807, 2.05) is 68.4 Å². The third kappa shape index (κ3) is 9.48. The number of anilines is 1. The van der Waals surface area contributed by atoms with Crippen molar-refractivity contribution in [1.29, 1.82) is 0 Å². The molecule has 0 spiro atoms. The van der Waals surface area contributed by atoms with E-state index in [9.17, 15) is 18.0 Å². The van der Waals surface area contributed by atoms with E-state index in [0.29, 0.717) is 18.0 Å². The topological polar surface area (TPSA) is 86.8 Å². The van der Waals surface area contributed by atoms with Crippen LogP contribution in [0.15, 0.2) is 72.8 Å². The highest BCUT2D eigenvalue weighted by Gasteiger charge is 2.31. The fraction of sp³-hybridized carbons (Fsp3) is 0.355. The molecule has 41 heavy (non-hydrogen) atoms. The van der Waals surface area contributed by atoms with Gasteiger partial charge in [-0.25, -0.2) is 8.42 Å². The van der Waals surface area contributed by atoms with E-state index in [1.54, 1.807) is 11.0 Å². The quantitative estimate of drug-likeness (QED) is 0.240. The van der Waals surface area contributed by atoms with Gasteiger partial charge in [-0.2, -0.15) is 0 Å². The summed E-state index contributed by atoms with van der Waals surface area (Å²) in [6, 6.07) is 21.2. The van der Waals surface area contributed by atoms with E-state index in [0.717, 1.165) is 33.7 Å². The van der Waals surface area contributed by atoms with Crippen molar-refractivity contribution in [2.24, 2.45) is 0 Å². The van der Waals surface area contributed by atoms with Crippen LogP contribution in [0.4, 0.5) is 5.69 Å². The Balaban J connectivity index is 1.90. The standard InChI is InChI=1S/C31H37Cl2N3O4S/c1-4-18-34-31(38)29(20-24-12-6-5-7-13-24)35(22-25-14-9-8-11-23(25)2)30(37)15-10-19-36(41(3,39)40)28-21-26(32)16-17-27(28)33/h5-9,11-14,16-17,21,29H,4,10,15,18-20,22H2,1-3H3,(H,34,38)/t29-/m1/s1. The largest absolute Gasteiger partial charge is 0.354 e. The lowest BCUT2D eigenvalue weighted by Crippen LogP contribution is -2.50. The second-order valence-corrected chi connectivity index (χ2v) is 12.7. The molecular weight excluding hydrogens is 581 g/mol. The maximum Gasteiger partial charge on any atom is 0.243 e. The van der Waals surface area contributed by atoms with Gasteiger partial charge in [-0.1, -0.05) is 84.7 Å². The smallest absolute Gasteiger partial charge is 0.243 e.